The normalized spacial score (nSPS) is 11.5. The molecule has 0 fully saturated rings. The summed E-state index contributed by atoms with van der Waals surface area (Å²) >= 11 is 0. The number of carboxylic acid groups (broad SMARTS) is 1. The Bertz CT molecular complexity index is 565. The molecule has 5 heteroatoms. The van der Waals surface area contributed by atoms with Crippen LogP contribution in [0.25, 0.3) is 5.69 Å². The summed E-state index contributed by atoms with van der Waals surface area (Å²) < 4.78 is 1.65. The van der Waals surface area contributed by atoms with Crippen LogP contribution in [0, 0.1) is 0 Å². The van der Waals surface area contributed by atoms with Gasteiger partial charge in [0.05, 0.1) is 11.3 Å². The first-order valence-electron chi connectivity index (χ1n) is 5.64. The van der Waals surface area contributed by atoms with Crippen molar-refractivity contribution >= 4 is 5.97 Å². The van der Waals surface area contributed by atoms with Crippen LogP contribution in [0.15, 0.2) is 30.6 Å². The molecular weight excluding hydrogens is 230 g/mol. The van der Waals surface area contributed by atoms with Gasteiger partial charge in [-0.25, -0.2) is 14.5 Å². The lowest BCUT2D eigenvalue weighted by molar-refractivity contribution is 0.0697. The van der Waals surface area contributed by atoms with Gasteiger partial charge in [0.1, 0.15) is 6.33 Å². The molecule has 0 aliphatic heterocycles. The van der Waals surface area contributed by atoms with Crippen molar-refractivity contribution in [3.8, 4) is 5.69 Å². The van der Waals surface area contributed by atoms with E-state index in [4.69, 9.17) is 5.11 Å². The van der Waals surface area contributed by atoms with Gasteiger partial charge in [-0.05, 0) is 24.3 Å². The zero-order chi connectivity index (χ0) is 13.3. The molecule has 1 heterocycles. The Hall–Kier alpha value is -2.17. The quantitative estimate of drug-likeness (QED) is 0.881. The van der Waals surface area contributed by atoms with E-state index in [0.29, 0.717) is 0 Å². The van der Waals surface area contributed by atoms with Crippen molar-refractivity contribution in [3.63, 3.8) is 0 Å². The topological polar surface area (TPSA) is 68.0 Å². The van der Waals surface area contributed by atoms with E-state index in [0.717, 1.165) is 11.5 Å². The summed E-state index contributed by atoms with van der Waals surface area (Å²) in [7, 11) is 0. The number of hydrogen-bond donors (Lipinski definition) is 1. The highest BCUT2D eigenvalue weighted by atomic mass is 16.4. The van der Waals surface area contributed by atoms with Crippen LogP contribution in [0.1, 0.15) is 37.0 Å². The molecule has 0 aliphatic carbocycles. The van der Waals surface area contributed by atoms with E-state index in [2.05, 4.69) is 10.1 Å². The molecule has 0 amide bonds. The van der Waals surface area contributed by atoms with Crippen molar-refractivity contribution in [2.24, 2.45) is 0 Å². The van der Waals surface area contributed by atoms with Gasteiger partial charge in [-0.15, -0.1) is 0 Å². The highest BCUT2D eigenvalue weighted by molar-refractivity contribution is 5.87. The minimum absolute atomic E-state index is 0.105. The molecule has 94 valence electrons. The maximum absolute atomic E-state index is 10.7. The van der Waals surface area contributed by atoms with Crippen LogP contribution in [0.4, 0.5) is 0 Å². The Morgan fingerprint density at radius 2 is 1.83 bits per heavy atom. The third-order valence-electron chi connectivity index (χ3n) is 2.54. The second-order valence-electron chi connectivity index (χ2n) is 5.11. The highest BCUT2D eigenvalue weighted by Gasteiger charge is 2.18. The van der Waals surface area contributed by atoms with Crippen molar-refractivity contribution in [2.45, 2.75) is 26.2 Å². The lowest BCUT2D eigenvalue weighted by atomic mass is 9.96. The summed E-state index contributed by atoms with van der Waals surface area (Å²) in [5.74, 6) is -0.180. The SMILES string of the molecule is CC(C)(C)c1ncn(-c2ccc(C(=O)O)cc2)n1. The lowest BCUT2D eigenvalue weighted by Gasteiger charge is -2.12. The average molecular weight is 245 g/mol. The first-order valence-corrected chi connectivity index (χ1v) is 5.64. The molecular formula is C13H15N3O2. The zero-order valence-corrected chi connectivity index (χ0v) is 10.6. The van der Waals surface area contributed by atoms with Gasteiger partial charge in [-0.1, -0.05) is 20.8 Å². The van der Waals surface area contributed by atoms with Crippen molar-refractivity contribution in [1.82, 2.24) is 14.8 Å². The number of aromatic nitrogens is 3. The number of aromatic carboxylic acids is 1. The third-order valence-corrected chi connectivity index (χ3v) is 2.54. The Balaban J connectivity index is 2.32. The fraction of sp³-hybridized carbons (Fsp3) is 0.308. The Labute approximate surface area is 105 Å². The molecule has 2 rings (SSSR count). The Morgan fingerprint density at radius 1 is 1.22 bits per heavy atom. The fourth-order valence-electron chi connectivity index (χ4n) is 1.49. The van der Waals surface area contributed by atoms with Crippen LogP contribution in [-0.4, -0.2) is 25.8 Å². The first-order chi connectivity index (χ1) is 8.38. The minimum Gasteiger partial charge on any atom is -0.478 e. The smallest absolute Gasteiger partial charge is 0.335 e. The molecule has 1 aromatic heterocycles. The zero-order valence-electron chi connectivity index (χ0n) is 10.6. The Morgan fingerprint density at radius 3 is 2.28 bits per heavy atom. The Kier molecular flexibility index (Phi) is 2.90. The van der Waals surface area contributed by atoms with Crippen LogP contribution in [0.2, 0.25) is 0 Å². The van der Waals surface area contributed by atoms with E-state index in [1.165, 1.54) is 0 Å². The fourth-order valence-corrected chi connectivity index (χ4v) is 1.49. The first kappa shape index (κ1) is 12.3. The molecule has 0 saturated carbocycles. The molecule has 0 spiro atoms. The number of rotatable bonds is 2. The summed E-state index contributed by atoms with van der Waals surface area (Å²) in [5, 5.41) is 13.2. The van der Waals surface area contributed by atoms with E-state index in [-0.39, 0.29) is 11.0 Å². The molecule has 1 N–H and O–H groups in total. The summed E-state index contributed by atoms with van der Waals surface area (Å²) in [6, 6.07) is 6.53. The predicted octanol–water partition coefficient (Wildman–Crippen LogP) is 2.26. The lowest BCUT2D eigenvalue weighted by Crippen LogP contribution is -2.14. The van der Waals surface area contributed by atoms with Gasteiger partial charge in [-0.2, -0.15) is 5.10 Å². The highest BCUT2D eigenvalue weighted by Crippen LogP contribution is 2.18. The van der Waals surface area contributed by atoms with E-state index >= 15 is 0 Å². The number of carboxylic acids is 1. The van der Waals surface area contributed by atoms with Gasteiger partial charge in [-0.3, -0.25) is 0 Å². The maximum atomic E-state index is 10.7. The monoisotopic (exact) mass is 245 g/mol. The minimum atomic E-state index is -0.935. The number of hydrogen-bond acceptors (Lipinski definition) is 3. The van der Waals surface area contributed by atoms with Crippen LogP contribution < -0.4 is 0 Å². The molecule has 5 nitrogen and oxygen atoms in total. The second kappa shape index (κ2) is 4.25. The van der Waals surface area contributed by atoms with Gasteiger partial charge in [0.2, 0.25) is 0 Å². The van der Waals surface area contributed by atoms with Crippen LogP contribution in [0.3, 0.4) is 0 Å². The van der Waals surface area contributed by atoms with Gasteiger partial charge in [0.25, 0.3) is 0 Å². The molecule has 2 aromatic rings. The maximum Gasteiger partial charge on any atom is 0.335 e. The molecule has 18 heavy (non-hydrogen) atoms. The second-order valence-corrected chi connectivity index (χ2v) is 5.11. The molecule has 0 aliphatic rings. The largest absolute Gasteiger partial charge is 0.478 e. The summed E-state index contributed by atoms with van der Waals surface area (Å²) in [4.78, 5) is 15.0. The number of nitrogens with zero attached hydrogens (tertiary/aromatic N) is 3. The van der Waals surface area contributed by atoms with Gasteiger partial charge in [0.15, 0.2) is 5.82 Å². The van der Waals surface area contributed by atoms with Crippen molar-refractivity contribution in [2.75, 3.05) is 0 Å². The molecule has 0 bridgehead atoms. The molecule has 0 unspecified atom stereocenters. The molecule has 0 radical (unpaired) electrons. The van der Waals surface area contributed by atoms with Crippen LogP contribution >= 0.6 is 0 Å². The van der Waals surface area contributed by atoms with Crippen molar-refractivity contribution in [1.29, 1.82) is 0 Å². The van der Waals surface area contributed by atoms with E-state index < -0.39 is 5.97 Å². The third kappa shape index (κ3) is 2.40. The molecule has 0 saturated heterocycles. The van der Waals surface area contributed by atoms with E-state index in [1.807, 2.05) is 20.8 Å². The predicted molar refractivity (Wildman–Crippen MR) is 67.0 cm³/mol. The van der Waals surface area contributed by atoms with Crippen molar-refractivity contribution in [3.05, 3.63) is 42.0 Å². The van der Waals surface area contributed by atoms with Crippen LogP contribution in [-0.2, 0) is 5.41 Å². The van der Waals surface area contributed by atoms with Crippen molar-refractivity contribution < 1.29 is 9.90 Å². The van der Waals surface area contributed by atoms with Gasteiger partial charge in [0, 0.05) is 5.41 Å². The summed E-state index contributed by atoms with van der Waals surface area (Å²) in [5.41, 5.74) is 0.949. The van der Waals surface area contributed by atoms with E-state index in [1.54, 1.807) is 35.3 Å². The average Bonchev–Trinajstić information content (AvgIpc) is 2.78. The van der Waals surface area contributed by atoms with Gasteiger partial charge >= 0.3 is 5.97 Å². The van der Waals surface area contributed by atoms with Crippen LogP contribution in [0.5, 0.6) is 0 Å². The summed E-state index contributed by atoms with van der Waals surface area (Å²) in [6.07, 6.45) is 1.64. The summed E-state index contributed by atoms with van der Waals surface area (Å²) in [6.45, 7) is 6.13. The number of carbonyl (C=O) groups is 1. The number of benzene rings is 1. The molecule has 0 atom stereocenters. The van der Waals surface area contributed by atoms with Gasteiger partial charge < -0.3 is 5.11 Å². The van der Waals surface area contributed by atoms with E-state index in [9.17, 15) is 4.79 Å². The standard InChI is InChI=1S/C13H15N3O2/c1-13(2,3)12-14-8-16(15-12)10-6-4-9(5-7-10)11(17)18/h4-8H,1-3H3,(H,17,18). The molecule has 1 aromatic carbocycles.